The number of benzene rings is 2. The van der Waals surface area contributed by atoms with E-state index in [9.17, 15) is 13.2 Å². The van der Waals surface area contributed by atoms with Gasteiger partial charge in [0.15, 0.2) is 0 Å². The summed E-state index contributed by atoms with van der Waals surface area (Å²) in [6, 6.07) is 13.5. The molecule has 0 radical (unpaired) electrons. The first kappa shape index (κ1) is 22.7. The third-order valence-corrected chi connectivity index (χ3v) is 6.21. The molecule has 29 heavy (non-hydrogen) atoms. The van der Waals surface area contributed by atoms with Crippen molar-refractivity contribution >= 4 is 27.3 Å². The molecule has 0 bridgehead atoms. The van der Waals surface area contributed by atoms with Crippen molar-refractivity contribution in [1.29, 1.82) is 0 Å². The number of hydrogen-bond donors (Lipinski definition) is 1. The van der Waals surface area contributed by atoms with Crippen molar-refractivity contribution in [1.82, 2.24) is 5.32 Å². The lowest BCUT2D eigenvalue weighted by molar-refractivity contribution is -0.119. The number of carbonyl (C=O) groups excluding carboxylic acids is 1. The smallest absolute Gasteiger partial charge is 0.241 e. The van der Waals surface area contributed by atoms with E-state index in [4.69, 9.17) is 0 Å². The van der Waals surface area contributed by atoms with Gasteiger partial charge in [-0.25, -0.2) is 8.42 Å². The fraction of sp³-hybridized carbons (Fsp3) is 0.409. The van der Waals surface area contributed by atoms with Crippen molar-refractivity contribution in [2.24, 2.45) is 0 Å². The second kappa shape index (κ2) is 9.78. The number of sulfonamides is 1. The van der Waals surface area contributed by atoms with Gasteiger partial charge in [0.05, 0.1) is 11.9 Å². The molecule has 0 atom stereocenters. The lowest BCUT2D eigenvalue weighted by Gasteiger charge is -2.24. The second-order valence-electron chi connectivity index (χ2n) is 7.10. The molecule has 0 aromatic heterocycles. The van der Waals surface area contributed by atoms with Crippen molar-refractivity contribution < 1.29 is 13.2 Å². The molecular weight excluding hydrogens is 386 g/mol. The van der Waals surface area contributed by atoms with Crippen LogP contribution in [0.3, 0.4) is 0 Å². The molecule has 0 aliphatic rings. The maximum absolute atomic E-state index is 12.5. The molecule has 0 aliphatic heterocycles. The number of nitrogens with one attached hydrogen (secondary N) is 1. The summed E-state index contributed by atoms with van der Waals surface area (Å²) in [6.07, 6.45) is 1.12. The van der Waals surface area contributed by atoms with Crippen LogP contribution in [-0.4, -0.2) is 40.2 Å². The van der Waals surface area contributed by atoms with Crippen LogP contribution >= 0.6 is 0 Å². The van der Waals surface area contributed by atoms with Crippen LogP contribution in [0.15, 0.2) is 42.5 Å². The molecule has 1 N–H and O–H groups in total. The molecular formula is C22H31N3O3S. The fourth-order valence-corrected chi connectivity index (χ4v) is 4.09. The Balaban J connectivity index is 2.07. The lowest BCUT2D eigenvalue weighted by atomic mass is 10.1. The third kappa shape index (κ3) is 5.97. The monoisotopic (exact) mass is 417 g/mol. The molecule has 0 aliphatic carbocycles. The van der Waals surface area contributed by atoms with Gasteiger partial charge in [-0.3, -0.25) is 9.10 Å². The highest BCUT2D eigenvalue weighted by atomic mass is 32.2. The van der Waals surface area contributed by atoms with Crippen LogP contribution in [0.5, 0.6) is 0 Å². The molecule has 2 rings (SSSR count). The minimum absolute atomic E-state index is 0.249. The Labute approximate surface area is 174 Å². The Kier molecular flexibility index (Phi) is 7.67. The van der Waals surface area contributed by atoms with E-state index in [0.717, 1.165) is 46.0 Å². The molecule has 0 saturated heterocycles. The van der Waals surface area contributed by atoms with Crippen LogP contribution in [0.2, 0.25) is 0 Å². The fourth-order valence-electron chi connectivity index (χ4n) is 3.19. The minimum Gasteiger partial charge on any atom is -0.372 e. The SMILES string of the molecule is CCN(CC)c1ccc(CNC(=O)CN(c2cccc(C)c2C)S(C)(=O)=O)cc1. The average molecular weight is 418 g/mol. The molecule has 0 fully saturated rings. The summed E-state index contributed by atoms with van der Waals surface area (Å²) >= 11 is 0. The summed E-state index contributed by atoms with van der Waals surface area (Å²) < 4.78 is 25.8. The van der Waals surface area contributed by atoms with E-state index < -0.39 is 10.0 Å². The van der Waals surface area contributed by atoms with Crippen LogP contribution in [-0.2, 0) is 21.4 Å². The molecule has 7 heteroatoms. The zero-order valence-corrected chi connectivity index (χ0v) is 18.7. The summed E-state index contributed by atoms with van der Waals surface area (Å²) in [5.74, 6) is -0.343. The van der Waals surface area contributed by atoms with E-state index in [1.807, 2.05) is 44.2 Å². The van der Waals surface area contributed by atoms with Gasteiger partial charge in [-0.05, 0) is 62.6 Å². The first-order valence-corrected chi connectivity index (χ1v) is 11.7. The molecule has 1 amide bonds. The molecule has 0 heterocycles. The van der Waals surface area contributed by atoms with Crippen LogP contribution in [0, 0.1) is 13.8 Å². The van der Waals surface area contributed by atoms with Gasteiger partial charge < -0.3 is 10.2 Å². The summed E-state index contributed by atoms with van der Waals surface area (Å²) in [4.78, 5) is 14.7. The van der Waals surface area contributed by atoms with Crippen molar-refractivity contribution in [3.8, 4) is 0 Å². The molecule has 2 aromatic carbocycles. The van der Waals surface area contributed by atoms with E-state index in [1.165, 1.54) is 0 Å². The summed E-state index contributed by atoms with van der Waals surface area (Å²) in [6.45, 7) is 9.97. The van der Waals surface area contributed by atoms with Crippen molar-refractivity contribution in [3.05, 3.63) is 59.2 Å². The molecule has 158 valence electrons. The third-order valence-electron chi connectivity index (χ3n) is 5.09. The first-order valence-electron chi connectivity index (χ1n) is 9.81. The van der Waals surface area contributed by atoms with E-state index in [0.29, 0.717) is 12.2 Å². The van der Waals surface area contributed by atoms with E-state index >= 15 is 0 Å². The van der Waals surface area contributed by atoms with Gasteiger partial charge in [0, 0.05) is 25.3 Å². The van der Waals surface area contributed by atoms with Crippen molar-refractivity contribution in [2.45, 2.75) is 34.2 Å². The maximum atomic E-state index is 12.5. The number of carbonyl (C=O) groups is 1. The van der Waals surface area contributed by atoms with E-state index in [-0.39, 0.29) is 12.5 Å². The highest BCUT2D eigenvalue weighted by Crippen LogP contribution is 2.24. The molecule has 0 unspecified atom stereocenters. The normalized spacial score (nSPS) is 11.2. The summed E-state index contributed by atoms with van der Waals surface area (Å²) in [5.41, 5.74) is 4.46. The Morgan fingerprint density at radius 1 is 1.00 bits per heavy atom. The van der Waals surface area contributed by atoms with Crippen LogP contribution in [0.1, 0.15) is 30.5 Å². The number of rotatable bonds is 9. The van der Waals surface area contributed by atoms with Gasteiger partial charge in [-0.1, -0.05) is 24.3 Å². The Morgan fingerprint density at radius 3 is 2.17 bits per heavy atom. The van der Waals surface area contributed by atoms with E-state index in [1.54, 1.807) is 12.1 Å². The van der Waals surface area contributed by atoms with Crippen LogP contribution < -0.4 is 14.5 Å². The van der Waals surface area contributed by atoms with Gasteiger partial charge in [-0.2, -0.15) is 0 Å². The zero-order chi connectivity index (χ0) is 21.6. The Bertz CT molecular complexity index is 936. The van der Waals surface area contributed by atoms with Crippen molar-refractivity contribution in [3.63, 3.8) is 0 Å². The van der Waals surface area contributed by atoms with E-state index in [2.05, 4.69) is 24.1 Å². The topological polar surface area (TPSA) is 69.7 Å². The number of nitrogens with zero attached hydrogens (tertiary/aromatic N) is 2. The Morgan fingerprint density at radius 2 is 1.62 bits per heavy atom. The number of aryl methyl sites for hydroxylation is 1. The summed E-state index contributed by atoms with van der Waals surface area (Å²) in [7, 11) is -3.59. The average Bonchev–Trinajstić information content (AvgIpc) is 2.68. The van der Waals surface area contributed by atoms with Gasteiger partial charge in [0.25, 0.3) is 0 Å². The standard InChI is InChI=1S/C22H31N3O3S/c1-6-24(7-2)20-13-11-19(12-14-20)15-23-22(26)16-25(29(5,27)28)21-10-8-9-17(3)18(21)4/h8-14H,6-7,15-16H2,1-5H3,(H,23,26). The van der Waals surface area contributed by atoms with Crippen LogP contribution in [0.4, 0.5) is 11.4 Å². The largest absolute Gasteiger partial charge is 0.372 e. The number of anilines is 2. The molecule has 2 aromatic rings. The highest BCUT2D eigenvalue weighted by molar-refractivity contribution is 7.92. The highest BCUT2D eigenvalue weighted by Gasteiger charge is 2.22. The predicted molar refractivity (Wildman–Crippen MR) is 120 cm³/mol. The first-order chi connectivity index (χ1) is 13.7. The van der Waals surface area contributed by atoms with Gasteiger partial charge in [-0.15, -0.1) is 0 Å². The van der Waals surface area contributed by atoms with Gasteiger partial charge in [0.1, 0.15) is 6.54 Å². The maximum Gasteiger partial charge on any atom is 0.241 e. The van der Waals surface area contributed by atoms with Crippen molar-refractivity contribution in [2.75, 3.05) is 35.1 Å². The lowest BCUT2D eigenvalue weighted by Crippen LogP contribution is -2.40. The predicted octanol–water partition coefficient (Wildman–Crippen LogP) is 3.23. The zero-order valence-electron chi connectivity index (χ0n) is 17.9. The number of hydrogen-bond acceptors (Lipinski definition) is 4. The molecule has 0 spiro atoms. The van der Waals surface area contributed by atoms with Gasteiger partial charge >= 0.3 is 0 Å². The quantitative estimate of drug-likeness (QED) is 0.680. The van der Waals surface area contributed by atoms with Crippen LogP contribution in [0.25, 0.3) is 0 Å². The molecule has 6 nitrogen and oxygen atoms in total. The minimum atomic E-state index is -3.59. The second-order valence-corrected chi connectivity index (χ2v) is 9.01. The molecule has 0 saturated carbocycles. The Hall–Kier alpha value is -2.54. The number of amides is 1. The van der Waals surface area contributed by atoms with Gasteiger partial charge in [0.2, 0.25) is 15.9 Å². The summed E-state index contributed by atoms with van der Waals surface area (Å²) in [5, 5.41) is 2.82.